The second-order valence-electron chi connectivity index (χ2n) is 6.82. The van der Waals surface area contributed by atoms with Crippen LogP contribution in [0.15, 0.2) is 34.7 Å². The van der Waals surface area contributed by atoms with Crippen LogP contribution in [0, 0.1) is 5.82 Å². The summed E-state index contributed by atoms with van der Waals surface area (Å²) in [6.45, 7) is 0.681. The van der Waals surface area contributed by atoms with Gasteiger partial charge >= 0.3 is 12.0 Å². The van der Waals surface area contributed by atoms with Crippen LogP contribution in [0.2, 0.25) is 5.02 Å². The van der Waals surface area contributed by atoms with Crippen LogP contribution in [0.4, 0.5) is 14.9 Å². The lowest BCUT2D eigenvalue weighted by Gasteiger charge is -2.16. The molecule has 0 spiro atoms. The highest BCUT2D eigenvalue weighted by Gasteiger charge is 2.25. The van der Waals surface area contributed by atoms with Gasteiger partial charge in [-0.05, 0) is 30.7 Å². The van der Waals surface area contributed by atoms with Crippen LogP contribution in [-0.2, 0) is 4.74 Å². The highest BCUT2D eigenvalue weighted by atomic mass is 35.5. The Morgan fingerprint density at radius 1 is 1.37 bits per heavy atom. The van der Waals surface area contributed by atoms with Gasteiger partial charge in [-0.25, -0.2) is 19.0 Å². The maximum Gasteiger partial charge on any atom is 0.356 e. The molecule has 0 aliphatic carbocycles. The summed E-state index contributed by atoms with van der Waals surface area (Å²) in [6.07, 6.45) is -0.0239. The summed E-state index contributed by atoms with van der Waals surface area (Å²) >= 11 is 6.15. The van der Waals surface area contributed by atoms with Crippen molar-refractivity contribution >= 4 is 40.4 Å². The molecule has 2 amide bonds. The molecule has 1 saturated heterocycles. The summed E-state index contributed by atoms with van der Waals surface area (Å²) in [5.74, 6) is -1.12. The third-order valence-corrected chi connectivity index (χ3v) is 5.05. The number of nitrogens with one attached hydrogen (secondary N) is 1. The largest absolute Gasteiger partial charge is 0.464 e. The molecule has 2 N–H and O–H groups in total. The Morgan fingerprint density at radius 2 is 2.17 bits per heavy atom. The molecule has 0 saturated carbocycles. The standard InChI is InChI=1S/C20H17ClFN3O5/c1-29-19(27)16-7-13(21)18-15(24-16)8-17(30-18)12-3-2-10(6-14(12)22)23-20(28)25-5-4-11(26)9-25/h2-3,6-8,11,26H,4-5,9H2,1H3,(H,23,28). The average molecular weight is 434 g/mol. The van der Waals surface area contributed by atoms with E-state index in [9.17, 15) is 19.1 Å². The van der Waals surface area contributed by atoms with E-state index in [0.717, 1.165) is 0 Å². The molecule has 0 bridgehead atoms. The van der Waals surface area contributed by atoms with E-state index in [4.69, 9.17) is 16.0 Å². The number of hydrogen-bond acceptors (Lipinski definition) is 6. The number of nitrogens with zero attached hydrogens (tertiary/aromatic N) is 2. The first-order chi connectivity index (χ1) is 14.4. The maximum atomic E-state index is 14.7. The number of carbonyl (C=O) groups excluding carboxylic acids is 2. The molecule has 4 rings (SSSR count). The molecule has 3 aromatic rings. The molecule has 1 aliphatic heterocycles. The quantitative estimate of drug-likeness (QED) is 0.610. The average Bonchev–Trinajstić information content (AvgIpc) is 3.34. The minimum Gasteiger partial charge on any atom is -0.464 e. The van der Waals surface area contributed by atoms with Gasteiger partial charge in [-0.15, -0.1) is 0 Å². The molecular formula is C20H17ClFN3O5. The van der Waals surface area contributed by atoms with Crippen LogP contribution in [-0.4, -0.2) is 53.3 Å². The Kier molecular flexibility index (Phi) is 5.31. The SMILES string of the molecule is COC(=O)c1cc(Cl)c2oc(-c3ccc(NC(=O)N4CCC(O)C4)cc3F)cc2n1. The lowest BCUT2D eigenvalue weighted by molar-refractivity contribution is 0.0594. The summed E-state index contributed by atoms with van der Waals surface area (Å²) in [4.78, 5) is 29.5. The van der Waals surface area contributed by atoms with Crippen molar-refractivity contribution in [3.8, 4) is 11.3 Å². The number of esters is 1. The smallest absolute Gasteiger partial charge is 0.356 e. The lowest BCUT2D eigenvalue weighted by atomic mass is 10.1. The number of β-amino-alcohol motifs (C(OH)–C–C–N with tert-alkyl or cyclic N) is 1. The second kappa shape index (κ2) is 7.92. The second-order valence-corrected chi connectivity index (χ2v) is 7.23. The summed E-state index contributed by atoms with van der Waals surface area (Å²) in [5, 5.41) is 12.3. The van der Waals surface area contributed by atoms with Crippen molar-refractivity contribution < 1.29 is 28.2 Å². The number of aliphatic hydroxyl groups is 1. The van der Waals surface area contributed by atoms with Crippen LogP contribution in [0.3, 0.4) is 0 Å². The molecule has 8 nitrogen and oxygen atoms in total. The number of amides is 2. The number of anilines is 1. The van der Waals surface area contributed by atoms with E-state index in [0.29, 0.717) is 13.0 Å². The van der Waals surface area contributed by atoms with Gasteiger partial charge in [-0.3, -0.25) is 0 Å². The van der Waals surface area contributed by atoms with E-state index >= 15 is 0 Å². The van der Waals surface area contributed by atoms with Crippen molar-refractivity contribution in [3.63, 3.8) is 0 Å². The number of furan rings is 1. The van der Waals surface area contributed by atoms with Gasteiger partial charge in [0.15, 0.2) is 11.3 Å². The predicted octanol–water partition coefficient (Wildman–Crippen LogP) is 3.67. The number of rotatable bonds is 3. The number of pyridine rings is 1. The number of benzene rings is 1. The van der Waals surface area contributed by atoms with Crippen molar-refractivity contribution in [3.05, 3.63) is 46.9 Å². The molecule has 3 heterocycles. The Labute approximate surface area is 175 Å². The minimum atomic E-state index is -0.654. The first kappa shape index (κ1) is 20.1. The third kappa shape index (κ3) is 3.81. The first-order valence-electron chi connectivity index (χ1n) is 9.08. The third-order valence-electron chi connectivity index (χ3n) is 4.76. The number of aliphatic hydroxyl groups excluding tert-OH is 1. The summed E-state index contributed by atoms with van der Waals surface area (Å²) in [6, 6.07) is 6.53. The van der Waals surface area contributed by atoms with Crippen molar-refractivity contribution in [1.82, 2.24) is 9.88 Å². The normalized spacial score (nSPS) is 16.1. The van der Waals surface area contributed by atoms with Crippen molar-refractivity contribution in [2.75, 3.05) is 25.5 Å². The number of halogens is 2. The lowest BCUT2D eigenvalue weighted by Crippen LogP contribution is -2.33. The molecule has 0 radical (unpaired) electrons. The van der Waals surface area contributed by atoms with Crippen molar-refractivity contribution in [2.45, 2.75) is 12.5 Å². The molecule has 2 aromatic heterocycles. The molecule has 1 unspecified atom stereocenters. The fraction of sp³-hybridized carbons (Fsp3) is 0.250. The number of fused-ring (bicyclic) bond motifs is 1. The molecule has 1 aliphatic rings. The van der Waals surface area contributed by atoms with Crippen LogP contribution in [0.5, 0.6) is 0 Å². The van der Waals surface area contributed by atoms with Gasteiger partial charge in [0, 0.05) is 24.8 Å². The van der Waals surface area contributed by atoms with Crippen molar-refractivity contribution in [1.29, 1.82) is 0 Å². The van der Waals surface area contributed by atoms with Gasteiger partial charge in [0.05, 0.1) is 23.8 Å². The van der Waals surface area contributed by atoms with Gasteiger partial charge in [-0.1, -0.05) is 11.6 Å². The van der Waals surface area contributed by atoms with Crippen LogP contribution in [0.1, 0.15) is 16.9 Å². The predicted molar refractivity (Wildman–Crippen MR) is 107 cm³/mol. The highest BCUT2D eigenvalue weighted by molar-refractivity contribution is 6.35. The molecule has 10 heteroatoms. The molecule has 156 valence electrons. The number of likely N-dealkylation sites (tertiary alicyclic amines) is 1. The van der Waals surface area contributed by atoms with E-state index in [1.54, 1.807) is 0 Å². The van der Waals surface area contributed by atoms with Crippen molar-refractivity contribution in [2.24, 2.45) is 0 Å². The fourth-order valence-electron chi connectivity index (χ4n) is 3.25. The van der Waals surface area contributed by atoms with Gasteiger partial charge in [0.1, 0.15) is 17.1 Å². The summed E-state index contributed by atoms with van der Waals surface area (Å²) < 4.78 is 25.0. The Hall–Kier alpha value is -3.17. The number of methoxy groups -OCH3 is 1. The zero-order valence-electron chi connectivity index (χ0n) is 15.8. The zero-order valence-corrected chi connectivity index (χ0v) is 16.6. The number of ether oxygens (including phenoxy) is 1. The molecule has 1 aromatic carbocycles. The van der Waals surface area contributed by atoms with E-state index in [2.05, 4.69) is 15.0 Å². The number of aromatic nitrogens is 1. The van der Waals surface area contributed by atoms with E-state index in [1.807, 2.05) is 0 Å². The van der Waals surface area contributed by atoms with E-state index in [-0.39, 0.29) is 45.4 Å². The molecule has 1 atom stereocenters. The number of carbonyl (C=O) groups is 2. The zero-order chi connectivity index (χ0) is 21.4. The van der Waals surface area contributed by atoms with E-state index in [1.165, 1.54) is 42.3 Å². The molecule has 30 heavy (non-hydrogen) atoms. The van der Waals surface area contributed by atoms with Gasteiger partial charge in [0.25, 0.3) is 0 Å². The minimum absolute atomic E-state index is 0.00733. The number of hydrogen-bond donors (Lipinski definition) is 2. The first-order valence-corrected chi connectivity index (χ1v) is 9.46. The summed E-state index contributed by atoms with van der Waals surface area (Å²) in [5.41, 5.74) is 0.903. The van der Waals surface area contributed by atoms with Gasteiger partial charge < -0.3 is 24.5 Å². The van der Waals surface area contributed by atoms with E-state index < -0.39 is 23.9 Å². The monoisotopic (exact) mass is 433 g/mol. The fourth-order valence-corrected chi connectivity index (χ4v) is 3.49. The topological polar surface area (TPSA) is 105 Å². The van der Waals surface area contributed by atoms with Crippen LogP contribution < -0.4 is 5.32 Å². The Balaban J connectivity index is 1.59. The molecular weight excluding hydrogens is 417 g/mol. The van der Waals surface area contributed by atoms with Gasteiger partial charge in [-0.2, -0.15) is 0 Å². The van der Waals surface area contributed by atoms with Gasteiger partial charge in [0.2, 0.25) is 0 Å². The molecule has 1 fully saturated rings. The Bertz CT molecular complexity index is 1150. The van der Waals surface area contributed by atoms with Crippen LogP contribution in [0.25, 0.3) is 22.4 Å². The number of urea groups is 1. The summed E-state index contributed by atoms with van der Waals surface area (Å²) in [7, 11) is 1.23. The Morgan fingerprint density at radius 3 is 2.83 bits per heavy atom. The highest BCUT2D eigenvalue weighted by Crippen LogP contribution is 2.33. The van der Waals surface area contributed by atoms with Crippen LogP contribution >= 0.6 is 11.6 Å². The maximum absolute atomic E-state index is 14.7.